The van der Waals surface area contributed by atoms with Gasteiger partial charge in [-0.25, -0.2) is 0 Å². The van der Waals surface area contributed by atoms with Crippen LogP contribution in [0.1, 0.15) is 44.9 Å². The van der Waals surface area contributed by atoms with Gasteiger partial charge in [0.15, 0.2) is 0 Å². The van der Waals surface area contributed by atoms with Crippen molar-refractivity contribution in [3.8, 4) is 0 Å². The highest BCUT2D eigenvalue weighted by Gasteiger charge is 2.58. The van der Waals surface area contributed by atoms with E-state index in [1.165, 1.54) is 25.7 Å². The molecule has 1 aliphatic carbocycles. The van der Waals surface area contributed by atoms with Gasteiger partial charge in [0.2, 0.25) is 0 Å². The second-order valence-electron chi connectivity index (χ2n) is 7.00. The molecule has 6 heteroatoms. The second kappa shape index (κ2) is 8.82. The van der Waals surface area contributed by atoms with Crippen molar-refractivity contribution >= 4 is 46.4 Å². The quantitative estimate of drug-likeness (QED) is 0.450. The third-order valence-corrected chi connectivity index (χ3v) is 6.10. The van der Waals surface area contributed by atoms with E-state index in [4.69, 9.17) is 51.2 Å². The maximum atomic E-state index is 6.43. The fourth-order valence-electron chi connectivity index (χ4n) is 4.68. The standard InChI is InChI=1S/C19H23Cl4NO/c20-17(21)10-2-1-6-14-7-4-12-19-13-5-9-16(25-24(14)19)15(19)8-3-11-18(22)23/h1-3,8,10-11,14-16H,4-7,9,12-13H2/b2-1+,8-3-/t14-,15-,16+,19-/m1/s1. The molecular weight excluding hydrogens is 400 g/mol. The van der Waals surface area contributed by atoms with Crippen LogP contribution in [0.2, 0.25) is 0 Å². The number of rotatable bonds is 5. The minimum Gasteiger partial charge on any atom is -0.294 e. The Hall–Kier alpha value is 0.0400. The minimum atomic E-state index is 0.114. The number of piperidine rings is 1. The fourth-order valence-corrected chi connectivity index (χ4v) is 4.97. The number of nitrogens with zero attached hydrogens (tertiary/aromatic N) is 1. The van der Waals surface area contributed by atoms with Crippen molar-refractivity contribution in [1.29, 1.82) is 0 Å². The van der Waals surface area contributed by atoms with Gasteiger partial charge in [-0.15, -0.1) is 0 Å². The Morgan fingerprint density at radius 1 is 1.00 bits per heavy atom. The molecule has 25 heavy (non-hydrogen) atoms. The van der Waals surface area contributed by atoms with Crippen LogP contribution in [-0.4, -0.2) is 22.7 Å². The SMILES string of the molecule is ClC(Cl)=C/C=C\[C@@H]1[C@@H]2CCC[C@]13CCC[C@@H](C/C=C/C=C(Cl)Cl)N3O2. The summed E-state index contributed by atoms with van der Waals surface area (Å²) in [5, 5.41) is 2.32. The summed E-state index contributed by atoms with van der Waals surface area (Å²) in [7, 11) is 0. The minimum absolute atomic E-state index is 0.114. The van der Waals surface area contributed by atoms with Crippen LogP contribution < -0.4 is 0 Å². The van der Waals surface area contributed by atoms with Gasteiger partial charge in [0.05, 0.1) is 11.6 Å². The van der Waals surface area contributed by atoms with Gasteiger partial charge in [0, 0.05) is 12.0 Å². The molecule has 1 spiro atoms. The van der Waals surface area contributed by atoms with E-state index < -0.39 is 0 Å². The molecule has 3 aliphatic rings. The molecule has 0 N–H and O–H groups in total. The molecule has 2 aliphatic heterocycles. The van der Waals surface area contributed by atoms with Gasteiger partial charge in [-0.1, -0.05) is 70.7 Å². The average molecular weight is 423 g/mol. The molecule has 0 unspecified atom stereocenters. The van der Waals surface area contributed by atoms with E-state index in [1.54, 1.807) is 12.2 Å². The Morgan fingerprint density at radius 3 is 2.40 bits per heavy atom. The molecule has 0 aromatic heterocycles. The number of hydroxylamine groups is 2. The molecular formula is C19H23Cl4NO. The fraction of sp³-hybridized carbons (Fsp3) is 0.579. The molecule has 0 aromatic carbocycles. The predicted octanol–water partition coefficient (Wildman–Crippen LogP) is 6.83. The maximum absolute atomic E-state index is 6.43. The zero-order valence-corrected chi connectivity index (χ0v) is 17.0. The van der Waals surface area contributed by atoms with Gasteiger partial charge in [-0.05, 0) is 57.1 Å². The highest BCUT2D eigenvalue weighted by atomic mass is 35.5. The molecule has 1 saturated carbocycles. The van der Waals surface area contributed by atoms with Crippen LogP contribution in [0.25, 0.3) is 0 Å². The summed E-state index contributed by atoms with van der Waals surface area (Å²) in [5.74, 6) is 0.397. The lowest BCUT2D eigenvalue weighted by molar-refractivity contribution is -0.221. The van der Waals surface area contributed by atoms with Gasteiger partial charge in [0.25, 0.3) is 0 Å². The largest absolute Gasteiger partial charge is 0.294 e. The van der Waals surface area contributed by atoms with Crippen LogP contribution in [-0.2, 0) is 4.84 Å². The van der Waals surface area contributed by atoms with E-state index in [0.29, 0.717) is 12.0 Å². The monoisotopic (exact) mass is 421 g/mol. The lowest BCUT2D eigenvalue weighted by atomic mass is 9.67. The van der Waals surface area contributed by atoms with Crippen LogP contribution in [0.3, 0.4) is 0 Å². The Labute approximate surface area is 170 Å². The van der Waals surface area contributed by atoms with E-state index in [0.717, 1.165) is 19.3 Å². The molecule has 4 atom stereocenters. The maximum Gasteiger partial charge on any atom is 0.106 e. The molecule has 3 fully saturated rings. The number of halogens is 4. The lowest BCUT2D eigenvalue weighted by Gasteiger charge is -2.48. The third kappa shape index (κ3) is 4.48. The first kappa shape index (κ1) is 19.8. The first-order valence-electron chi connectivity index (χ1n) is 8.86. The van der Waals surface area contributed by atoms with Crippen molar-refractivity contribution in [3.05, 3.63) is 45.4 Å². The molecule has 2 saturated heterocycles. The molecule has 3 rings (SSSR count). The van der Waals surface area contributed by atoms with Gasteiger partial charge in [-0.2, -0.15) is 5.06 Å². The molecule has 0 aromatic rings. The number of hydrogen-bond acceptors (Lipinski definition) is 2. The molecule has 2 heterocycles. The van der Waals surface area contributed by atoms with Crippen molar-refractivity contribution in [2.45, 2.75) is 62.6 Å². The molecule has 138 valence electrons. The summed E-state index contributed by atoms with van der Waals surface area (Å²) in [5.41, 5.74) is 0.114. The van der Waals surface area contributed by atoms with Crippen molar-refractivity contribution < 1.29 is 4.84 Å². The van der Waals surface area contributed by atoms with E-state index in [-0.39, 0.29) is 20.6 Å². The topological polar surface area (TPSA) is 12.5 Å². The summed E-state index contributed by atoms with van der Waals surface area (Å²) < 4.78 is 0.563. The summed E-state index contributed by atoms with van der Waals surface area (Å²) in [4.78, 5) is 6.43. The van der Waals surface area contributed by atoms with Crippen molar-refractivity contribution in [2.24, 2.45) is 5.92 Å². The average Bonchev–Trinajstić information content (AvgIpc) is 2.73. The summed E-state index contributed by atoms with van der Waals surface area (Å²) in [6, 6.07) is 0.402. The summed E-state index contributed by atoms with van der Waals surface area (Å²) in [6.45, 7) is 0. The normalized spacial score (nSPS) is 35.1. The van der Waals surface area contributed by atoms with Gasteiger partial charge in [-0.3, -0.25) is 4.84 Å². The summed E-state index contributed by atoms with van der Waals surface area (Å²) >= 11 is 22.8. The number of hydrogen-bond donors (Lipinski definition) is 0. The van der Waals surface area contributed by atoms with Crippen LogP contribution in [0.4, 0.5) is 0 Å². The Kier molecular flexibility index (Phi) is 6.98. The Bertz CT molecular complexity index is 588. The van der Waals surface area contributed by atoms with E-state index in [9.17, 15) is 0 Å². The molecule has 2 bridgehead atoms. The first-order chi connectivity index (χ1) is 12.0. The second-order valence-corrected chi connectivity index (χ2v) is 9.01. The van der Waals surface area contributed by atoms with Crippen LogP contribution in [0, 0.1) is 5.92 Å². The lowest BCUT2D eigenvalue weighted by Crippen LogP contribution is -2.55. The Morgan fingerprint density at radius 2 is 1.68 bits per heavy atom. The third-order valence-electron chi connectivity index (χ3n) is 5.59. The molecule has 2 nitrogen and oxygen atoms in total. The molecule has 0 amide bonds. The Balaban J connectivity index is 1.76. The molecule has 0 radical (unpaired) electrons. The highest BCUT2D eigenvalue weighted by molar-refractivity contribution is 6.56. The van der Waals surface area contributed by atoms with Crippen LogP contribution >= 0.6 is 46.4 Å². The predicted molar refractivity (Wildman–Crippen MR) is 107 cm³/mol. The van der Waals surface area contributed by atoms with Gasteiger partial charge < -0.3 is 0 Å². The van der Waals surface area contributed by atoms with Crippen LogP contribution in [0.5, 0.6) is 0 Å². The smallest absolute Gasteiger partial charge is 0.106 e. The van der Waals surface area contributed by atoms with Crippen LogP contribution in [0.15, 0.2) is 45.4 Å². The zero-order chi connectivity index (χ0) is 17.9. The van der Waals surface area contributed by atoms with Crippen molar-refractivity contribution in [3.63, 3.8) is 0 Å². The number of allylic oxidation sites excluding steroid dienone is 4. The number of fused-ring (bicyclic) bond motifs is 1. The van der Waals surface area contributed by atoms with E-state index in [1.807, 2.05) is 12.2 Å². The zero-order valence-electron chi connectivity index (χ0n) is 14.0. The van der Waals surface area contributed by atoms with E-state index >= 15 is 0 Å². The van der Waals surface area contributed by atoms with E-state index in [2.05, 4.69) is 17.2 Å². The first-order valence-corrected chi connectivity index (χ1v) is 10.4. The van der Waals surface area contributed by atoms with Crippen molar-refractivity contribution in [1.82, 2.24) is 5.06 Å². The summed E-state index contributed by atoms with van der Waals surface area (Å²) in [6.07, 6.45) is 20.0. The highest BCUT2D eigenvalue weighted by Crippen LogP contribution is 2.53. The van der Waals surface area contributed by atoms with Gasteiger partial charge >= 0.3 is 0 Å². The van der Waals surface area contributed by atoms with Crippen molar-refractivity contribution in [2.75, 3.05) is 0 Å². The van der Waals surface area contributed by atoms with Gasteiger partial charge in [0.1, 0.15) is 8.98 Å².